The van der Waals surface area contributed by atoms with Crippen molar-refractivity contribution in [3.8, 4) is 0 Å². The fraction of sp³-hybridized carbons (Fsp3) is 0.444. The molecular formula is C9H14O3. The first-order valence-electron chi connectivity index (χ1n) is 3.58. The summed E-state index contributed by atoms with van der Waals surface area (Å²) in [6.45, 7) is 9.04. The van der Waals surface area contributed by atoms with Crippen molar-refractivity contribution >= 4 is 5.97 Å². The zero-order valence-electron chi connectivity index (χ0n) is 7.46. The van der Waals surface area contributed by atoms with Crippen molar-refractivity contribution in [2.45, 2.75) is 19.4 Å². The Labute approximate surface area is 72.3 Å². The van der Waals surface area contributed by atoms with E-state index in [1.165, 1.54) is 7.11 Å². The van der Waals surface area contributed by atoms with Gasteiger partial charge in [-0.25, -0.2) is 4.79 Å². The summed E-state index contributed by atoms with van der Waals surface area (Å²) >= 11 is 0. The van der Waals surface area contributed by atoms with Crippen molar-refractivity contribution in [2.24, 2.45) is 0 Å². The first-order chi connectivity index (χ1) is 5.49. The molecule has 0 fully saturated rings. The lowest BCUT2D eigenvalue weighted by atomic mass is 10.0. The topological polar surface area (TPSA) is 46.5 Å². The van der Waals surface area contributed by atoms with Crippen LogP contribution in [0.15, 0.2) is 24.3 Å². The normalized spacial score (nSPS) is 11.9. The molecule has 0 heterocycles. The molecule has 0 spiro atoms. The molecule has 1 atom stereocenters. The van der Waals surface area contributed by atoms with Gasteiger partial charge in [-0.1, -0.05) is 18.7 Å². The van der Waals surface area contributed by atoms with Crippen LogP contribution >= 0.6 is 0 Å². The van der Waals surface area contributed by atoms with Crippen LogP contribution in [0.2, 0.25) is 0 Å². The summed E-state index contributed by atoms with van der Waals surface area (Å²) in [5.74, 6) is -0.641. The largest absolute Gasteiger partial charge is 0.467 e. The van der Waals surface area contributed by atoms with Crippen LogP contribution < -0.4 is 0 Å². The van der Waals surface area contributed by atoms with Crippen molar-refractivity contribution in [2.75, 3.05) is 7.11 Å². The molecule has 0 rings (SSSR count). The number of ether oxygens (including phenoxy) is 1. The van der Waals surface area contributed by atoms with Crippen molar-refractivity contribution in [3.63, 3.8) is 0 Å². The SMILES string of the molecule is C=C(C)C(=C)CC(O)C(=O)OC. The first kappa shape index (κ1) is 10.9. The Kier molecular flexibility index (Phi) is 4.29. The summed E-state index contributed by atoms with van der Waals surface area (Å²) in [6.07, 6.45) is -0.943. The Morgan fingerprint density at radius 1 is 1.58 bits per heavy atom. The number of carbonyl (C=O) groups is 1. The number of hydrogen-bond acceptors (Lipinski definition) is 3. The molecule has 0 saturated carbocycles. The van der Waals surface area contributed by atoms with E-state index < -0.39 is 12.1 Å². The molecule has 3 heteroatoms. The van der Waals surface area contributed by atoms with Crippen molar-refractivity contribution in [1.29, 1.82) is 0 Å². The Morgan fingerprint density at radius 3 is 2.42 bits per heavy atom. The highest BCUT2D eigenvalue weighted by Gasteiger charge is 2.16. The number of esters is 1. The van der Waals surface area contributed by atoms with Gasteiger partial charge in [0.05, 0.1) is 7.11 Å². The standard InChI is InChI=1S/C9H14O3/c1-6(2)7(3)5-8(10)9(11)12-4/h8,10H,1,3,5H2,2,4H3. The van der Waals surface area contributed by atoms with Crippen LogP contribution in [0, 0.1) is 0 Å². The lowest BCUT2D eigenvalue weighted by Gasteiger charge is -2.09. The number of methoxy groups -OCH3 is 1. The Bertz CT molecular complexity index is 206. The third-order valence-electron chi connectivity index (χ3n) is 1.52. The van der Waals surface area contributed by atoms with Crippen LogP contribution in [0.25, 0.3) is 0 Å². The molecule has 1 unspecified atom stereocenters. The minimum atomic E-state index is -1.13. The summed E-state index contributed by atoms with van der Waals surface area (Å²) in [5, 5.41) is 9.16. The highest BCUT2D eigenvalue weighted by molar-refractivity contribution is 5.74. The summed E-state index contributed by atoms with van der Waals surface area (Å²) in [4.78, 5) is 10.7. The maximum Gasteiger partial charge on any atom is 0.335 e. The molecule has 0 amide bonds. The van der Waals surface area contributed by atoms with Crippen molar-refractivity contribution in [1.82, 2.24) is 0 Å². The van der Waals surface area contributed by atoms with Gasteiger partial charge in [0, 0.05) is 6.42 Å². The van der Waals surface area contributed by atoms with Gasteiger partial charge in [-0.05, 0) is 12.5 Å². The zero-order valence-corrected chi connectivity index (χ0v) is 7.46. The third kappa shape index (κ3) is 3.34. The zero-order chi connectivity index (χ0) is 9.72. The van der Waals surface area contributed by atoms with Gasteiger partial charge in [0.25, 0.3) is 0 Å². The van der Waals surface area contributed by atoms with E-state index in [0.29, 0.717) is 5.57 Å². The number of rotatable bonds is 4. The molecule has 0 aliphatic heterocycles. The smallest absolute Gasteiger partial charge is 0.335 e. The maximum absolute atomic E-state index is 10.7. The second kappa shape index (κ2) is 4.72. The number of hydrogen-bond donors (Lipinski definition) is 1. The van der Waals surface area contributed by atoms with Gasteiger partial charge in [0.2, 0.25) is 0 Å². The Balaban J connectivity index is 4.01. The Morgan fingerprint density at radius 2 is 2.08 bits per heavy atom. The van der Waals surface area contributed by atoms with Crippen LogP contribution in [0.4, 0.5) is 0 Å². The maximum atomic E-state index is 10.7. The molecule has 0 aromatic heterocycles. The van der Waals surface area contributed by atoms with E-state index in [0.717, 1.165) is 5.57 Å². The molecular weight excluding hydrogens is 156 g/mol. The van der Waals surface area contributed by atoms with E-state index in [-0.39, 0.29) is 6.42 Å². The quantitative estimate of drug-likeness (QED) is 0.506. The molecule has 0 aliphatic carbocycles. The van der Waals surface area contributed by atoms with Crippen LogP contribution in [-0.4, -0.2) is 24.3 Å². The lowest BCUT2D eigenvalue weighted by molar-refractivity contribution is -0.150. The predicted octanol–water partition coefficient (Wildman–Crippen LogP) is 1.04. The average Bonchev–Trinajstić information content (AvgIpc) is 2.02. The summed E-state index contributed by atoms with van der Waals surface area (Å²) in [5.41, 5.74) is 1.42. The third-order valence-corrected chi connectivity index (χ3v) is 1.52. The van der Waals surface area contributed by atoms with Gasteiger partial charge in [-0.2, -0.15) is 0 Å². The second-order valence-corrected chi connectivity index (χ2v) is 2.63. The fourth-order valence-corrected chi connectivity index (χ4v) is 0.627. The van der Waals surface area contributed by atoms with Gasteiger partial charge in [-0.15, -0.1) is 0 Å². The molecule has 0 radical (unpaired) electrons. The number of carbonyl (C=O) groups excluding carboxylic acids is 1. The lowest BCUT2D eigenvalue weighted by Crippen LogP contribution is -2.22. The molecule has 12 heavy (non-hydrogen) atoms. The molecule has 0 bridgehead atoms. The monoisotopic (exact) mass is 170 g/mol. The molecule has 0 saturated heterocycles. The van der Waals surface area contributed by atoms with Crippen molar-refractivity contribution in [3.05, 3.63) is 24.3 Å². The fourth-order valence-electron chi connectivity index (χ4n) is 0.627. The van der Waals surface area contributed by atoms with Gasteiger partial charge in [-0.3, -0.25) is 0 Å². The molecule has 1 N–H and O–H groups in total. The summed E-state index contributed by atoms with van der Waals surface area (Å²) in [6, 6.07) is 0. The van der Waals surface area contributed by atoms with Gasteiger partial charge in [0.1, 0.15) is 0 Å². The van der Waals surface area contributed by atoms with Crippen LogP contribution in [0.1, 0.15) is 13.3 Å². The van der Waals surface area contributed by atoms with E-state index in [1.54, 1.807) is 6.92 Å². The number of allylic oxidation sites excluding steroid dienone is 1. The first-order valence-corrected chi connectivity index (χ1v) is 3.58. The minimum Gasteiger partial charge on any atom is -0.467 e. The van der Waals surface area contributed by atoms with E-state index in [2.05, 4.69) is 17.9 Å². The average molecular weight is 170 g/mol. The molecule has 0 aromatic rings. The highest BCUT2D eigenvalue weighted by atomic mass is 16.5. The van der Waals surface area contributed by atoms with Crippen LogP contribution in [0.5, 0.6) is 0 Å². The van der Waals surface area contributed by atoms with Crippen molar-refractivity contribution < 1.29 is 14.6 Å². The molecule has 0 aromatic carbocycles. The number of aliphatic hydroxyl groups is 1. The van der Waals surface area contributed by atoms with Crippen LogP contribution in [-0.2, 0) is 9.53 Å². The van der Waals surface area contributed by atoms with E-state index in [4.69, 9.17) is 5.11 Å². The predicted molar refractivity (Wildman–Crippen MR) is 46.6 cm³/mol. The van der Waals surface area contributed by atoms with E-state index >= 15 is 0 Å². The van der Waals surface area contributed by atoms with Crippen LogP contribution in [0.3, 0.4) is 0 Å². The summed E-state index contributed by atoms with van der Waals surface area (Å²) in [7, 11) is 1.23. The molecule has 0 aliphatic rings. The molecule has 68 valence electrons. The minimum absolute atomic E-state index is 0.183. The Hall–Kier alpha value is -1.09. The van der Waals surface area contributed by atoms with E-state index in [1.807, 2.05) is 0 Å². The summed E-state index contributed by atoms with van der Waals surface area (Å²) < 4.78 is 4.33. The van der Waals surface area contributed by atoms with Gasteiger partial charge in [0.15, 0.2) is 6.10 Å². The van der Waals surface area contributed by atoms with Gasteiger partial charge < -0.3 is 9.84 Å². The highest BCUT2D eigenvalue weighted by Crippen LogP contribution is 2.11. The molecule has 3 nitrogen and oxygen atoms in total. The second-order valence-electron chi connectivity index (χ2n) is 2.63. The van der Waals surface area contributed by atoms with E-state index in [9.17, 15) is 4.79 Å². The van der Waals surface area contributed by atoms with Gasteiger partial charge >= 0.3 is 5.97 Å². The number of aliphatic hydroxyl groups excluding tert-OH is 1.